The second-order valence-corrected chi connectivity index (χ2v) is 8.92. The molecule has 0 atom stereocenters. The molecule has 2 aromatic rings. The first kappa shape index (κ1) is 19.8. The number of ketones is 1. The number of hydrogen-bond acceptors (Lipinski definition) is 3. The van der Waals surface area contributed by atoms with Crippen LogP contribution in [-0.2, 0) is 6.54 Å². The van der Waals surface area contributed by atoms with Gasteiger partial charge in [-0.3, -0.25) is 4.79 Å². The SMILES string of the molecule is O=C1CC2(CCN(C(=O)NCc3ccc(F)cc3F)CC2)Sc2ccc(F)cc21. The number of fused-ring (bicyclic) bond motifs is 1. The average molecular weight is 420 g/mol. The van der Waals surface area contributed by atoms with Gasteiger partial charge in [0.15, 0.2) is 5.78 Å². The second kappa shape index (κ2) is 7.74. The second-order valence-electron chi connectivity index (χ2n) is 7.41. The molecule has 2 amide bonds. The van der Waals surface area contributed by atoms with E-state index in [2.05, 4.69) is 5.32 Å². The van der Waals surface area contributed by atoms with Crippen LogP contribution in [0.2, 0.25) is 0 Å². The summed E-state index contributed by atoms with van der Waals surface area (Å²) >= 11 is 1.59. The van der Waals surface area contributed by atoms with Gasteiger partial charge in [0, 0.05) is 52.9 Å². The lowest BCUT2D eigenvalue weighted by Crippen LogP contribution is -2.49. The van der Waals surface area contributed by atoms with Crippen molar-refractivity contribution in [3.63, 3.8) is 0 Å². The van der Waals surface area contributed by atoms with Crippen molar-refractivity contribution in [1.29, 1.82) is 0 Å². The van der Waals surface area contributed by atoms with Crippen molar-refractivity contribution in [2.45, 2.75) is 35.4 Å². The molecular formula is C21H19F3N2O2S. The molecule has 0 unspecified atom stereocenters. The number of Topliss-reactive ketones (excluding diaryl/α,β-unsaturated/α-hetero) is 1. The first-order chi connectivity index (χ1) is 13.8. The van der Waals surface area contributed by atoms with Gasteiger partial charge >= 0.3 is 6.03 Å². The summed E-state index contributed by atoms with van der Waals surface area (Å²) in [5.41, 5.74) is 0.646. The van der Waals surface area contributed by atoms with Gasteiger partial charge in [-0.25, -0.2) is 18.0 Å². The van der Waals surface area contributed by atoms with Crippen molar-refractivity contribution in [3.8, 4) is 0 Å². The molecule has 0 saturated carbocycles. The molecule has 2 aliphatic rings. The Bertz CT molecular complexity index is 974. The van der Waals surface area contributed by atoms with Crippen LogP contribution in [0.1, 0.15) is 35.2 Å². The van der Waals surface area contributed by atoms with Crippen LogP contribution in [0.15, 0.2) is 41.3 Å². The number of urea groups is 1. The van der Waals surface area contributed by atoms with Crippen LogP contribution in [0, 0.1) is 17.5 Å². The van der Waals surface area contributed by atoms with Crippen LogP contribution < -0.4 is 5.32 Å². The lowest BCUT2D eigenvalue weighted by atomic mass is 9.88. The number of benzene rings is 2. The molecule has 0 bridgehead atoms. The summed E-state index contributed by atoms with van der Waals surface area (Å²) < 4.78 is 39.8. The summed E-state index contributed by atoms with van der Waals surface area (Å²) in [7, 11) is 0. The highest BCUT2D eigenvalue weighted by molar-refractivity contribution is 8.01. The molecule has 4 rings (SSSR count). The number of halogens is 3. The van der Waals surface area contributed by atoms with E-state index >= 15 is 0 Å². The fraction of sp³-hybridized carbons (Fsp3) is 0.333. The van der Waals surface area contributed by atoms with Crippen LogP contribution >= 0.6 is 11.8 Å². The van der Waals surface area contributed by atoms with Gasteiger partial charge in [0.2, 0.25) is 0 Å². The molecule has 2 aliphatic heterocycles. The molecule has 1 N–H and O–H groups in total. The zero-order valence-corrected chi connectivity index (χ0v) is 16.3. The Kier molecular flexibility index (Phi) is 5.29. The van der Waals surface area contributed by atoms with E-state index in [1.165, 1.54) is 18.2 Å². The van der Waals surface area contributed by atoms with Crippen molar-refractivity contribution in [2.75, 3.05) is 13.1 Å². The Balaban J connectivity index is 1.36. The molecule has 152 valence electrons. The lowest BCUT2D eigenvalue weighted by Gasteiger charge is -2.43. The van der Waals surface area contributed by atoms with Crippen molar-refractivity contribution in [1.82, 2.24) is 10.2 Å². The Morgan fingerprint density at radius 2 is 1.76 bits per heavy atom. The molecule has 4 nitrogen and oxygen atoms in total. The summed E-state index contributed by atoms with van der Waals surface area (Å²) in [5.74, 6) is -1.85. The number of piperidine rings is 1. The Morgan fingerprint density at radius 1 is 1.07 bits per heavy atom. The quantitative estimate of drug-likeness (QED) is 0.777. The van der Waals surface area contributed by atoms with E-state index in [0.29, 0.717) is 37.9 Å². The van der Waals surface area contributed by atoms with Gasteiger partial charge in [-0.15, -0.1) is 11.8 Å². The van der Waals surface area contributed by atoms with E-state index in [4.69, 9.17) is 0 Å². The highest BCUT2D eigenvalue weighted by Crippen LogP contribution is 2.49. The third kappa shape index (κ3) is 4.12. The molecule has 1 spiro atoms. The number of nitrogens with zero attached hydrogens (tertiary/aromatic N) is 1. The molecule has 0 aromatic heterocycles. The minimum Gasteiger partial charge on any atom is -0.334 e. The average Bonchev–Trinajstić information content (AvgIpc) is 2.68. The van der Waals surface area contributed by atoms with E-state index < -0.39 is 17.5 Å². The number of carbonyl (C=O) groups is 2. The summed E-state index contributed by atoms with van der Waals surface area (Å²) in [6, 6.07) is 7.21. The normalized spacial score (nSPS) is 17.9. The summed E-state index contributed by atoms with van der Waals surface area (Å²) in [6.45, 7) is 0.905. The van der Waals surface area contributed by atoms with Gasteiger partial charge in [-0.2, -0.15) is 0 Å². The van der Waals surface area contributed by atoms with Crippen molar-refractivity contribution < 1.29 is 22.8 Å². The van der Waals surface area contributed by atoms with E-state index in [1.807, 2.05) is 0 Å². The first-order valence-electron chi connectivity index (χ1n) is 9.34. The number of carbonyl (C=O) groups excluding carboxylic acids is 2. The third-order valence-electron chi connectivity index (χ3n) is 5.46. The van der Waals surface area contributed by atoms with Crippen molar-refractivity contribution in [3.05, 3.63) is 65.0 Å². The number of hydrogen-bond donors (Lipinski definition) is 1. The number of rotatable bonds is 2. The van der Waals surface area contributed by atoms with Gasteiger partial charge in [-0.05, 0) is 37.1 Å². The molecule has 1 fully saturated rings. The molecule has 8 heteroatoms. The maximum absolute atomic E-state index is 13.7. The zero-order valence-electron chi connectivity index (χ0n) is 15.5. The maximum Gasteiger partial charge on any atom is 0.317 e. The van der Waals surface area contributed by atoms with Crippen LogP contribution in [0.3, 0.4) is 0 Å². The minimum absolute atomic E-state index is 0.0290. The fourth-order valence-electron chi connectivity index (χ4n) is 3.81. The summed E-state index contributed by atoms with van der Waals surface area (Å²) in [4.78, 5) is 27.4. The summed E-state index contributed by atoms with van der Waals surface area (Å²) in [6.07, 6.45) is 1.60. The van der Waals surface area contributed by atoms with E-state index in [-0.39, 0.29) is 28.7 Å². The Hall–Kier alpha value is -2.48. The number of likely N-dealkylation sites (tertiary alicyclic amines) is 1. The number of thioether (sulfide) groups is 1. The predicted molar refractivity (Wildman–Crippen MR) is 103 cm³/mol. The first-order valence-corrected chi connectivity index (χ1v) is 10.2. The fourth-order valence-corrected chi connectivity index (χ4v) is 5.29. The summed E-state index contributed by atoms with van der Waals surface area (Å²) in [5, 5.41) is 2.66. The molecule has 0 radical (unpaired) electrons. The number of nitrogens with one attached hydrogen (secondary N) is 1. The zero-order chi connectivity index (χ0) is 20.6. The minimum atomic E-state index is -0.699. The maximum atomic E-state index is 13.7. The molecule has 2 aromatic carbocycles. The van der Waals surface area contributed by atoms with Gasteiger partial charge in [0.05, 0.1) is 0 Å². The molecule has 1 saturated heterocycles. The van der Waals surface area contributed by atoms with Crippen LogP contribution in [0.5, 0.6) is 0 Å². The Labute approximate surface area is 170 Å². The van der Waals surface area contributed by atoms with E-state index in [0.717, 1.165) is 17.0 Å². The monoisotopic (exact) mass is 420 g/mol. The van der Waals surface area contributed by atoms with E-state index in [9.17, 15) is 22.8 Å². The number of amides is 2. The van der Waals surface area contributed by atoms with Crippen LogP contribution in [0.25, 0.3) is 0 Å². The topological polar surface area (TPSA) is 49.4 Å². The highest BCUT2D eigenvalue weighted by atomic mass is 32.2. The van der Waals surface area contributed by atoms with Crippen molar-refractivity contribution in [2.24, 2.45) is 0 Å². The van der Waals surface area contributed by atoms with Gasteiger partial charge in [0.1, 0.15) is 17.5 Å². The van der Waals surface area contributed by atoms with Crippen molar-refractivity contribution >= 4 is 23.6 Å². The van der Waals surface area contributed by atoms with E-state index in [1.54, 1.807) is 22.7 Å². The van der Waals surface area contributed by atoms with Gasteiger partial charge in [0.25, 0.3) is 0 Å². The standard InChI is InChI=1S/C21H19F3N2O2S/c22-14-3-4-19-16(9-14)18(27)11-21(29-19)5-7-26(8-6-21)20(28)25-12-13-1-2-15(23)10-17(13)24/h1-4,9-10H,5-8,11-12H2,(H,25,28). The van der Waals surface area contributed by atoms with Gasteiger partial charge in [-0.1, -0.05) is 6.07 Å². The van der Waals surface area contributed by atoms with Gasteiger partial charge < -0.3 is 10.2 Å². The molecule has 2 heterocycles. The molecular weight excluding hydrogens is 401 g/mol. The Morgan fingerprint density at radius 3 is 2.48 bits per heavy atom. The van der Waals surface area contributed by atoms with Crippen LogP contribution in [0.4, 0.5) is 18.0 Å². The lowest BCUT2D eigenvalue weighted by molar-refractivity contribution is 0.0943. The largest absolute Gasteiger partial charge is 0.334 e. The smallest absolute Gasteiger partial charge is 0.317 e. The van der Waals surface area contributed by atoms with Crippen LogP contribution in [-0.4, -0.2) is 34.6 Å². The predicted octanol–water partition coefficient (Wildman–Crippen LogP) is 4.53. The molecule has 29 heavy (non-hydrogen) atoms. The highest BCUT2D eigenvalue weighted by Gasteiger charge is 2.42. The molecule has 0 aliphatic carbocycles. The third-order valence-corrected chi connectivity index (χ3v) is 7.02.